The number of fused-ring (bicyclic) bond motifs is 1. The standard InChI is InChI=1S/C26H40O6/c1-5-11-26(4,6-2)25(30)32-22-14-18(27)12-17-8-7-16(3)21(24(17)22)10-9-20-13-19(28)15-23(29)31-20/h7-8,12,16,18-22,24,27-28H,5-6,9-11,13-15H2,1-4H3/t16-,18+,19+,20+,21-,22+,24?,26-/m0/s1. The summed E-state index contributed by atoms with van der Waals surface area (Å²) in [6.45, 7) is 8.23. The normalized spacial score (nSPS) is 36.5. The number of hydrogen-bond donors (Lipinski definition) is 2. The van der Waals surface area contributed by atoms with Crippen molar-refractivity contribution in [3.8, 4) is 0 Å². The second-order valence-electron chi connectivity index (χ2n) is 10.3. The molecule has 0 radical (unpaired) electrons. The Morgan fingerprint density at radius 1 is 1.25 bits per heavy atom. The van der Waals surface area contributed by atoms with E-state index in [0.29, 0.717) is 19.3 Å². The molecule has 2 aliphatic carbocycles. The first-order chi connectivity index (χ1) is 15.2. The Morgan fingerprint density at radius 3 is 2.66 bits per heavy atom. The van der Waals surface area contributed by atoms with Crippen LogP contribution in [-0.4, -0.2) is 46.6 Å². The number of esters is 2. The first kappa shape index (κ1) is 25.0. The van der Waals surface area contributed by atoms with Crippen molar-refractivity contribution in [3.05, 3.63) is 23.8 Å². The maximum Gasteiger partial charge on any atom is 0.312 e. The van der Waals surface area contributed by atoms with Crippen molar-refractivity contribution in [2.24, 2.45) is 23.2 Å². The van der Waals surface area contributed by atoms with E-state index in [4.69, 9.17) is 9.47 Å². The summed E-state index contributed by atoms with van der Waals surface area (Å²) < 4.78 is 11.6. The first-order valence-corrected chi connectivity index (χ1v) is 12.3. The molecule has 0 aromatic heterocycles. The number of carbonyl (C=O) groups is 2. The predicted octanol–water partition coefficient (Wildman–Crippen LogP) is 4.09. The fourth-order valence-corrected chi connectivity index (χ4v) is 5.66. The minimum absolute atomic E-state index is 0.00861. The summed E-state index contributed by atoms with van der Waals surface area (Å²) in [6, 6.07) is 0. The van der Waals surface area contributed by atoms with Crippen LogP contribution in [0.25, 0.3) is 0 Å². The van der Waals surface area contributed by atoms with E-state index in [1.165, 1.54) is 0 Å². The van der Waals surface area contributed by atoms with Crippen LogP contribution >= 0.6 is 0 Å². The number of aliphatic hydroxyl groups excluding tert-OH is 2. The van der Waals surface area contributed by atoms with Crippen molar-refractivity contribution in [2.45, 2.75) is 103 Å². The summed E-state index contributed by atoms with van der Waals surface area (Å²) in [6.07, 6.45) is 8.99. The molecule has 0 spiro atoms. The maximum atomic E-state index is 13.2. The van der Waals surface area contributed by atoms with Gasteiger partial charge in [-0.05, 0) is 50.0 Å². The molecule has 0 aromatic carbocycles. The fourth-order valence-electron chi connectivity index (χ4n) is 5.66. The Balaban J connectivity index is 1.77. The SMILES string of the molecule is CCC[C@](C)(CC)C(=O)O[C@@H]1C[C@H](O)C=C2C=C[C@H](C)[C@H](CC[C@@H]3C[C@@H](O)CC(=O)O3)C21. The average Bonchev–Trinajstić information content (AvgIpc) is 2.72. The van der Waals surface area contributed by atoms with Gasteiger partial charge in [-0.2, -0.15) is 0 Å². The third-order valence-corrected chi connectivity index (χ3v) is 7.76. The maximum absolute atomic E-state index is 13.2. The molecule has 3 rings (SSSR count). The Kier molecular flexibility index (Phi) is 8.21. The van der Waals surface area contributed by atoms with E-state index >= 15 is 0 Å². The van der Waals surface area contributed by atoms with Crippen LogP contribution in [0, 0.1) is 23.2 Å². The van der Waals surface area contributed by atoms with E-state index in [1.807, 2.05) is 19.9 Å². The zero-order valence-electron chi connectivity index (χ0n) is 20.0. The molecule has 6 heteroatoms. The highest BCUT2D eigenvalue weighted by atomic mass is 16.6. The average molecular weight is 449 g/mol. The highest BCUT2D eigenvalue weighted by Gasteiger charge is 2.44. The Bertz CT molecular complexity index is 743. The number of allylic oxidation sites excluding steroid dienone is 2. The van der Waals surface area contributed by atoms with E-state index in [9.17, 15) is 19.8 Å². The molecule has 8 atom stereocenters. The van der Waals surface area contributed by atoms with Crippen LogP contribution < -0.4 is 0 Å². The molecule has 2 N–H and O–H groups in total. The van der Waals surface area contributed by atoms with Crippen molar-refractivity contribution in [2.75, 3.05) is 0 Å². The van der Waals surface area contributed by atoms with Crippen molar-refractivity contribution >= 4 is 11.9 Å². The molecule has 1 fully saturated rings. The second-order valence-corrected chi connectivity index (χ2v) is 10.3. The number of carbonyl (C=O) groups excluding carboxylic acids is 2. The first-order valence-electron chi connectivity index (χ1n) is 12.3. The van der Waals surface area contributed by atoms with Gasteiger partial charge < -0.3 is 19.7 Å². The van der Waals surface area contributed by atoms with Gasteiger partial charge in [-0.3, -0.25) is 9.59 Å². The number of cyclic esters (lactones) is 1. The van der Waals surface area contributed by atoms with Gasteiger partial charge in [0.1, 0.15) is 12.2 Å². The molecule has 0 saturated carbocycles. The van der Waals surface area contributed by atoms with Crippen LogP contribution in [0.15, 0.2) is 23.8 Å². The third-order valence-electron chi connectivity index (χ3n) is 7.76. The van der Waals surface area contributed by atoms with Crippen LogP contribution in [0.2, 0.25) is 0 Å². The molecular formula is C26H40O6. The Labute approximate surface area is 192 Å². The van der Waals surface area contributed by atoms with Gasteiger partial charge in [0, 0.05) is 18.8 Å². The molecule has 0 amide bonds. The summed E-state index contributed by atoms with van der Waals surface area (Å²) in [4.78, 5) is 24.9. The van der Waals surface area contributed by atoms with Crippen molar-refractivity contribution in [1.29, 1.82) is 0 Å². The lowest BCUT2D eigenvalue weighted by molar-refractivity contribution is -0.168. The molecule has 1 aliphatic heterocycles. The highest BCUT2D eigenvalue weighted by Crippen LogP contribution is 2.45. The second kappa shape index (κ2) is 10.5. The zero-order chi connectivity index (χ0) is 23.5. The third kappa shape index (κ3) is 5.63. The molecule has 3 aliphatic rings. The molecule has 180 valence electrons. The van der Waals surface area contributed by atoms with Crippen LogP contribution in [0.4, 0.5) is 0 Å². The minimum atomic E-state index is -0.635. The molecule has 1 unspecified atom stereocenters. The van der Waals surface area contributed by atoms with E-state index in [2.05, 4.69) is 26.0 Å². The monoisotopic (exact) mass is 448 g/mol. The lowest BCUT2D eigenvalue weighted by Crippen LogP contribution is -2.44. The number of rotatable bonds is 8. The predicted molar refractivity (Wildman–Crippen MR) is 122 cm³/mol. The summed E-state index contributed by atoms with van der Waals surface area (Å²) in [7, 11) is 0. The molecule has 1 heterocycles. The highest BCUT2D eigenvalue weighted by molar-refractivity contribution is 5.76. The zero-order valence-corrected chi connectivity index (χ0v) is 20.0. The van der Waals surface area contributed by atoms with Crippen LogP contribution in [0.3, 0.4) is 0 Å². The summed E-state index contributed by atoms with van der Waals surface area (Å²) in [5.74, 6) is -0.0347. The Morgan fingerprint density at radius 2 is 2.00 bits per heavy atom. The number of aliphatic hydroxyl groups is 2. The topological polar surface area (TPSA) is 93.1 Å². The summed E-state index contributed by atoms with van der Waals surface area (Å²) in [5.41, 5.74) is 0.512. The van der Waals surface area contributed by atoms with Crippen molar-refractivity contribution in [3.63, 3.8) is 0 Å². The van der Waals surface area contributed by atoms with Gasteiger partial charge in [-0.25, -0.2) is 0 Å². The number of ether oxygens (including phenoxy) is 2. The van der Waals surface area contributed by atoms with Crippen LogP contribution in [-0.2, 0) is 19.1 Å². The van der Waals surface area contributed by atoms with Gasteiger partial charge in [0.15, 0.2) is 0 Å². The fraction of sp³-hybridized carbons (Fsp3) is 0.769. The van der Waals surface area contributed by atoms with Crippen LogP contribution in [0.1, 0.15) is 79.1 Å². The quantitative estimate of drug-likeness (QED) is 0.543. The molecule has 0 aromatic rings. The van der Waals surface area contributed by atoms with Crippen molar-refractivity contribution < 1.29 is 29.3 Å². The van der Waals surface area contributed by atoms with Gasteiger partial charge in [-0.15, -0.1) is 0 Å². The molecule has 6 nitrogen and oxygen atoms in total. The number of hydrogen-bond acceptors (Lipinski definition) is 6. The smallest absolute Gasteiger partial charge is 0.312 e. The van der Waals surface area contributed by atoms with E-state index in [-0.39, 0.29) is 48.3 Å². The van der Waals surface area contributed by atoms with E-state index in [0.717, 1.165) is 31.3 Å². The van der Waals surface area contributed by atoms with E-state index < -0.39 is 17.6 Å². The van der Waals surface area contributed by atoms with Gasteiger partial charge in [0.2, 0.25) is 0 Å². The molecule has 0 bridgehead atoms. The summed E-state index contributed by atoms with van der Waals surface area (Å²) >= 11 is 0. The van der Waals surface area contributed by atoms with Gasteiger partial charge in [0.25, 0.3) is 0 Å². The van der Waals surface area contributed by atoms with Crippen molar-refractivity contribution in [1.82, 2.24) is 0 Å². The van der Waals surface area contributed by atoms with Crippen LogP contribution in [0.5, 0.6) is 0 Å². The largest absolute Gasteiger partial charge is 0.462 e. The van der Waals surface area contributed by atoms with Gasteiger partial charge >= 0.3 is 11.9 Å². The summed E-state index contributed by atoms with van der Waals surface area (Å²) in [5, 5.41) is 20.4. The van der Waals surface area contributed by atoms with Gasteiger partial charge in [0.05, 0.1) is 24.0 Å². The lowest BCUT2D eigenvalue weighted by Gasteiger charge is -2.44. The molecular weight excluding hydrogens is 408 g/mol. The molecule has 1 saturated heterocycles. The van der Waals surface area contributed by atoms with Gasteiger partial charge in [-0.1, -0.05) is 45.4 Å². The molecule has 32 heavy (non-hydrogen) atoms. The van der Waals surface area contributed by atoms with E-state index in [1.54, 1.807) is 0 Å². The minimum Gasteiger partial charge on any atom is -0.462 e. The Hall–Kier alpha value is -1.66. The lowest BCUT2D eigenvalue weighted by atomic mass is 9.66.